The number of benzene rings is 1. The first-order chi connectivity index (χ1) is 12.7. The van der Waals surface area contributed by atoms with E-state index < -0.39 is 0 Å². The molecule has 0 radical (unpaired) electrons. The fourth-order valence-electron chi connectivity index (χ4n) is 2.51. The van der Waals surface area contributed by atoms with Crippen LogP contribution >= 0.6 is 24.0 Å². The Morgan fingerprint density at radius 3 is 2.70 bits per heavy atom. The normalized spacial score (nSPS) is 11.0. The summed E-state index contributed by atoms with van der Waals surface area (Å²) in [5, 5.41) is 10.5. The minimum atomic E-state index is -0.308. The van der Waals surface area contributed by atoms with Crippen LogP contribution in [0.5, 0.6) is 5.75 Å². The Bertz CT molecular complexity index is 700. The van der Waals surface area contributed by atoms with Gasteiger partial charge < -0.3 is 19.9 Å². The zero-order valence-electron chi connectivity index (χ0n) is 16.0. The average molecular weight is 490 g/mol. The molecule has 150 valence electrons. The van der Waals surface area contributed by atoms with E-state index in [1.165, 1.54) is 12.1 Å². The molecule has 2 aromatic rings. The molecule has 1 aromatic carbocycles. The molecule has 0 aliphatic heterocycles. The van der Waals surface area contributed by atoms with Gasteiger partial charge in [0.25, 0.3) is 0 Å². The molecule has 8 heteroatoms. The molecule has 0 spiro atoms. The zero-order chi connectivity index (χ0) is 18.8. The molecule has 0 aliphatic rings. The van der Waals surface area contributed by atoms with Gasteiger partial charge in [-0.25, -0.2) is 9.38 Å². The van der Waals surface area contributed by atoms with E-state index in [-0.39, 0.29) is 29.8 Å². The maximum Gasteiger partial charge on any atom is 0.191 e. The maximum absolute atomic E-state index is 13.1. The van der Waals surface area contributed by atoms with E-state index in [4.69, 9.17) is 9.26 Å². The van der Waals surface area contributed by atoms with Crippen molar-refractivity contribution in [1.82, 2.24) is 15.8 Å². The van der Waals surface area contributed by atoms with E-state index in [1.54, 1.807) is 12.1 Å². The van der Waals surface area contributed by atoms with Crippen molar-refractivity contribution in [3.05, 3.63) is 47.1 Å². The third-order valence-corrected chi connectivity index (χ3v) is 3.81. The van der Waals surface area contributed by atoms with Gasteiger partial charge in [-0.15, -0.1) is 24.0 Å². The molecular formula is C19H28FIN4O2. The minimum Gasteiger partial charge on any atom is -0.492 e. The van der Waals surface area contributed by atoms with E-state index in [1.807, 2.05) is 13.8 Å². The molecule has 0 bridgehead atoms. The number of nitrogens with zero attached hydrogens (tertiary/aromatic N) is 2. The molecule has 2 N–H and O–H groups in total. The van der Waals surface area contributed by atoms with E-state index in [0.29, 0.717) is 31.4 Å². The number of rotatable bonds is 9. The summed E-state index contributed by atoms with van der Waals surface area (Å²) in [4.78, 5) is 4.61. The standard InChI is InChI=1S/C19H27FN4O2.HI/c1-4-17-16(18(5-2)26-24-17)13-23-19(21-6-3)22-10-11-25-15-9-7-8-14(20)12-15;/h7-9,12H,4-6,10-11,13H2,1-3H3,(H2,21,22,23);1H. The second kappa shape index (κ2) is 12.5. The van der Waals surface area contributed by atoms with Crippen LogP contribution in [0, 0.1) is 5.82 Å². The van der Waals surface area contributed by atoms with Gasteiger partial charge in [0.05, 0.1) is 18.8 Å². The zero-order valence-corrected chi connectivity index (χ0v) is 18.4. The first-order valence-corrected chi connectivity index (χ1v) is 9.04. The highest BCUT2D eigenvalue weighted by Crippen LogP contribution is 2.16. The van der Waals surface area contributed by atoms with Gasteiger partial charge in [-0.05, 0) is 25.5 Å². The first kappa shape index (κ1) is 23.2. The fraction of sp³-hybridized carbons (Fsp3) is 0.474. The molecule has 0 saturated heterocycles. The van der Waals surface area contributed by atoms with Crippen LogP contribution in [0.2, 0.25) is 0 Å². The number of aromatic nitrogens is 1. The van der Waals surface area contributed by atoms with Crippen LogP contribution in [-0.4, -0.2) is 30.8 Å². The molecule has 1 aromatic heterocycles. The molecule has 1 heterocycles. The summed E-state index contributed by atoms with van der Waals surface area (Å²) in [6, 6.07) is 6.11. The predicted octanol–water partition coefficient (Wildman–Crippen LogP) is 3.69. The molecule has 0 saturated carbocycles. The lowest BCUT2D eigenvalue weighted by molar-refractivity contribution is 0.320. The molecule has 0 atom stereocenters. The topological polar surface area (TPSA) is 71.7 Å². The first-order valence-electron chi connectivity index (χ1n) is 9.04. The van der Waals surface area contributed by atoms with Crippen LogP contribution in [0.3, 0.4) is 0 Å². The molecule has 2 rings (SSSR count). The largest absolute Gasteiger partial charge is 0.492 e. The van der Waals surface area contributed by atoms with Crippen molar-refractivity contribution >= 4 is 29.9 Å². The third kappa shape index (κ3) is 7.36. The minimum absolute atomic E-state index is 0. The van der Waals surface area contributed by atoms with Gasteiger partial charge in [0.15, 0.2) is 5.96 Å². The predicted molar refractivity (Wildman–Crippen MR) is 115 cm³/mol. The highest BCUT2D eigenvalue weighted by Gasteiger charge is 2.13. The van der Waals surface area contributed by atoms with Gasteiger partial charge in [0, 0.05) is 24.6 Å². The van der Waals surface area contributed by atoms with Crippen molar-refractivity contribution in [1.29, 1.82) is 0 Å². The van der Waals surface area contributed by atoms with Crippen molar-refractivity contribution in [2.75, 3.05) is 19.7 Å². The number of aryl methyl sites for hydroxylation is 2. The number of ether oxygens (including phenoxy) is 1. The Balaban J connectivity index is 0.00000364. The van der Waals surface area contributed by atoms with E-state index in [0.717, 1.165) is 36.4 Å². The molecule has 0 unspecified atom stereocenters. The van der Waals surface area contributed by atoms with Crippen molar-refractivity contribution in [3.8, 4) is 5.75 Å². The second-order valence-electron chi connectivity index (χ2n) is 5.67. The van der Waals surface area contributed by atoms with Gasteiger partial charge in [-0.1, -0.05) is 25.1 Å². The summed E-state index contributed by atoms with van der Waals surface area (Å²) in [6.07, 6.45) is 1.61. The molecule has 0 amide bonds. The molecule has 0 aliphatic carbocycles. The van der Waals surface area contributed by atoms with Crippen molar-refractivity contribution in [2.24, 2.45) is 4.99 Å². The van der Waals surface area contributed by atoms with Crippen LogP contribution < -0.4 is 15.4 Å². The van der Waals surface area contributed by atoms with Gasteiger partial charge in [-0.3, -0.25) is 0 Å². The molecule has 27 heavy (non-hydrogen) atoms. The lowest BCUT2D eigenvalue weighted by Crippen LogP contribution is -2.39. The summed E-state index contributed by atoms with van der Waals surface area (Å²) in [5.74, 6) is 1.78. The molecular weight excluding hydrogens is 462 g/mol. The Hall–Kier alpha value is -1.84. The highest BCUT2D eigenvalue weighted by atomic mass is 127. The summed E-state index contributed by atoms with van der Waals surface area (Å²) in [6.45, 7) is 8.32. The number of halogens is 2. The van der Waals surface area contributed by atoms with E-state index >= 15 is 0 Å². The maximum atomic E-state index is 13.1. The van der Waals surface area contributed by atoms with Crippen LogP contribution in [-0.2, 0) is 19.4 Å². The quantitative estimate of drug-likeness (QED) is 0.243. The van der Waals surface area contributed by atoms with Crippen molar-refractivity contribution in [3.63, 3.8) is 0 Å². The van der Waals surface area contributed by atoms with Gasteiger partial charge >= 0.3 is 0 Å². The average Bonchev–Trinajstić information content (AvgIpc) is 3.05. The van der Waals surface area contributed by atoms with E-state index in [2.05, 4.69) is 27.7 Å². The molecule has 6 nitrogen and oxygen atoms in total. The Kier molecular flexibility index (Phi) is 10.8. The van der Waals surface area contributed by atoms with Crippen LogP contribution in [0.25, 0.3) is 0 Å². The SMILES string of the molecule is CCNC(=NCc1c(CC)noc1CC)NCCOc1cccc(F)c1.I. The summed E-state index contributed by atoms with van der Waals surface area (Å²) in [5.41, 5.74) is 2.01. The van der Waals surface area contributed by atoms with Gasteiger partial charge in [0.2, 0.25) is 0 Å². The van der Waals surface area contributed by atoms with E-state index in [9.17, 15) is 4.39 Å². The number of hydrogen-bond acceptors (Lipinski definition) is 4. The third-order valence-electron chi connectivity index (χ3n) is 3.81. The van der Waals surface area contributed by atoms with Crippen LogP contribution in [0.4, 0.5) is 4.39 Å². The Labute approximate surface area is 177 Å². The van der Waals surface area contributed by atoms with Crippen molar-refractivity contribution < 1.29 is 13.7 Å². The second-order valence-corrected chi connectivity index (χ2v) is 5.67. The lowest BCUT2D eigenvalue weighted by Gasteiger charge is -2.12. The summed E-state index contributed by atoms with van der Waals surface area (Å²) >= 11 is 0. The summed E-state index contributed by atoms with van der Waals surface area (Å²) < 4.78 is 24.0. The highest BCUT2D eigenvalue weighted by molar-refractivity contribution is 14.0. The number of guanidine groups is 1. The monoisotopic (exact) mass is 490 g/mol. The van der Waals surface area contributed by atoms with Crippen LogP contribution in [0.1, 0.15) is 37.8 Å². The number of nitrogens with one attached hydrogen (secondary N) is 2. The number of hydrogen-bond donors (Lipinski definition) is 2. The van der Waals surface area contributed by atoms with Gasteiger partial charge in [0.1, 0.15) is 23.9 Å². The lowest BCUT2D eigenvalue weighted by atomic mass is 10.1. The Morgan fingerprint density at radius 1 is 1.22 bits per heavy atom. The number of aliphatic imine (C=N–C) groups is 1. The fourth-order valence-corrected chi connectivity index (χ4v) is 2.51. The smallest absolute Gasteiger partial charge is 0.191 e. The molecule has 0 fully saturated rings. The van der Waals surface area contributed by atoms with Crippen molar-refractivity contribution in [2.45, 2.75) is 40.2 Å². The Morgan fingerprint density at radius 2 is 2.04 bits per heavy atom. The van der Waals surface area contributed by atoms with Gasteiger partial charge in [-0.2, -0.15) is 0 Å². The summed E-state index contributed by atoms with van der Waals surface area (Å²) in [7, 11) is 0. The van der Waals surface area contributed by atoms with Crippen LogP contribution in [0.15, 0.2) is 33.8 Å².